The number of carbonyl (C=O) groups excluding carboxylic acids is 2. The summed E-state index contributed by atoms with van der Waals surface area (Å²) in [4.78, 5) is 33.8. The fourth-order valence-corrected chi connectivity index (χ4v) is 6.50. The maximum atomic E-state index is 13.9. The summed E-state index contributed by atoms with van der Waals surface area (Å²) >= 11 is 1.36. The molecule has 6 rings (SSSR count). The SMILES string of the molecule is CCCCCOc1ccc(C2C(C(=O)c3cc4ccccc4o3)=C(O)C(=O)N2c2nc3c(C)cc(C)cc3s2)cc1. The number of hydrogen-bond acceptors (Lipinski definition) is 7. The van der Waals surface area contributed by atoms with Gasteiger partial charge in [-0.2, -0.15) is 0 Å². The van der Waals surface area contributed by atoms with E-state index in [1.165, 1.54) is 16.2 Å². The van der Waals surface area contributed by atoms with Crippen molar-refractivity contribution >= 4 is 49.3 Å². The molecule has 7 nitrogen and oxygen atoms in total. The lowest BCUT2D eigenvalue weighted by Crippen LogP contribution is -2.30. The van der Waals surface area contributed by atoms with E-state index in [1.54, 1.807) is 12.1 Å². The molecule has 3 aromatic carbocycles. The van der Waals surface area contributed by atoms with Crippen LogP contribution < -0.4 is 9.64 Å². The molecule has 1 atom stereocenters. The molecular weight excluding hydrogens is 536 g/mol. The molecule has 3 heterocycles. The number of aryl methyl sites for hydroxylation is 2. The van der Waals surface area contributed by atoms with Crippen LogP contribution in [0.1, 0.15) is 59.5 Å². The van der Waals surface area contributed by atoms with Crippen LogP contribution in [0.5, 0.6) is 5.75 Å². The van der Waals surface area contributed by atoms with Crippen LogP contribution in [0.3, 0.4) is 0 Å². The van der Waals surface area contributed by atoms with Gasteiger partial charge in [0.25, 0.3) is 5.91 Å². The Morgan fingerprint density at radius 2 is 1.85 bits per heavy atom. The van der Waals surface area contributed by atoms with Gasteiger partial charge >= 0.3 is 0 Å². The molecule has 208 valence electrons. The zero-order valence-electron chi connectivity index (χ0n) is 23.1. The van der Waals surface area contributed by atoms with E-state index in [1.807, 2.05) is 68.4 Å². The molecule has 1 aliphatic rings. The minimum absolute atomic E-state index is 0.0437. The van der Waals surface area contributed by atoms with Gasteiger partial charge in [-0.25, -0.2) is 4.98 Å². The number of anilines is 1. The number of carbonyl (C=O) groups is 2. The molecule has 0 saturated heterocycles. The van der Waals surface area contributed by atoms with Crippen LogP contribution in [0.25, 0.3) is 21.2 Å². The number of furan rings is 1. The summed E-state index contributed by atoms with van der Waals surface area (Å²) in [7, 11) is 0. The van der Waals surface area contributed by atoms with Crippen molar-refractivity contribution < 1.29 is 23.8 Å². The van der Waals surface area contributed by atoms with Crippen molar-refractivity contribution in [1.82, 2.24) is 4.98 Å². The number of thiazole rings is 1. The molecular formula is C33H30N2O5S. The summed E-state index contributed by atoms with van der Waals surface area (Å²) in [5, 5.41) is 12.4. The number of fused-ring (bicyclic) bond motifs is 2. The molecule has 2 aromatic heterocycles. The molecule has 5 aromatic rings. The van der Waals surface area contributed by atoms with Gasteiger partial charge in [-0.3, -0.25) is 14.5 Å². The standard InChI is InChI=1S/C33H30N2O5S/c1-4-5-8-15-39-23-13-11-21(12-14-23)29-27(30(36)25-18-22-9-6-7-10-24(22)40-25)31(37)32(38)35(29)33-34-28-20(3)16-19(2)17-26(28)41-33/h6-7,9-14,16-18,29,37H,4-5,8,15H2,1-3H3. The number of unbranched alkanes of at least 4 members (excludes halogenated alkanes) is 2. The van der Waals surface area contributed by atoms with Gasteiger partial charge in [0, 0.05) is 5.39 Å². The first-order chi connectivity index (χ1) is 19.9. The number of para-hydroxylation sites is 1. The maximum Gasteiger partial charge on any atom is 0.296 e. The molecule has 0 spiro atoms. The molecule has 41 heavy (non-hydrogen) atoms. The van der Waals surface area contributed by atoms with Crippen LogP contribution in [0.2, 0.25) is 0 Å². The normalized spacial score (nSPS) is 15.4. The number of Topliss-reactive ketones (excluding diaryl/α,β-unsaturated/α-hetero) is 1. The number of hydrogen-bond donors (Lipinski definition) is 1. The van der Waals surface area contributed by atoms with Crippen molar-refractivity contribution in [1.29, 1.82) is 0 Å². The molecule has 0 radical (unpaired) electrons. The number of aromatic nitrogens is 1. The zero-order valence-corrected chi connectivity index (χ0v) is 24.0. The Morgan fingerprint density at radius 3 is 2.61 bits per heavy atom. The van der Waals surface area contributed by atoms with Crippen molar-refractivity contribution in [2.45, 2.75) is 46.1 Å². The predicted octanol–water partition coefficient (Wildman–Crippen LogP) is 8.01. The van der Waals surface area contributed by atoms with Crippen LogP contribution in [0.15, 0.2) is 82.5 Å². The van der Waals surface area contributed by atoms with Crippen LogP contribution in [0.4, 0.5) is 5.13 Å². The average molecular weight is 567 g/mol. The highest BCUT2D eigenvalue weighted by Crippen LogP contribution is 2.45. The van der Waals surface area contributed by atoms with E-state index in [9.17, 15) is 14.7 Å². The molecule has 0 saturated carbocycles. The second kappa shape index (κ2) is 10.9. The summed E-state index contributed by atoms with van der Waals surface area (Å²) < 4.78 is 12.7. The van der Waals surface area contributed by atoms with Gasteiger partial charge in [0.05, 0.1) is 28.4 Å². The molecule has 0 aliphatic carbocycles. The lowest BCUT2D eigenvalue weighted by molar-refractivity contribution is -0.117. The molecule has 0 bridgehead atoms. The first-order valence-electron chi connectivity index (χ1n) is 13.8. The quantitative estimate of drug-likeness (QED) is 0.143. The Balaban J connectivity index is 1.43. The molecule has 1 N–H and O–H groups in total. The number of aliphatic hydroxyl groups is 1. The van der Waals surface area contributed by atoms with E-state index >= 15 is 0 Å². The summed E-state index contributed by atoms with van der Waals surface area (Å²) in [5.41, 5.74) is 4.02. The van der Waals surface area contributed by atoms with E-state index in [2.05, 4.69) is 6.92 Å². The first-order valence-corrected chi connectivity index (χ1v) is 14.6. The topological polar surface area (TPSA) is 92.9 Å². The van der Waals surface area contributed by atoms with E-state index in [0.29, 0.717) is 28.6 Å². The zero-order chi connectivity index (χ0) is 28.7. The number of ether oxygens (including phenoxy) is 1. The second-order valence-electron chi connectivity index (χ2n) is 10.4. The van der Waals surface area contributed by atoms with Gasteiger partial charge in [-0.15, -0.1) is 0 Å². The number of nitrogens with zero attached hydrogens (tertiary/aromatic N) is 2. The van der Waals surface area contributed by atoms with Crippen molar-refractivity contribution in [2.75, 3.05) is 11.5 Å². The van der Waals surface area contributed by atoms with Crippen LogP contribution >= 0.6 is 11.3 Å². The third-order valence-corrected chi connectivity index (χ3v) is 8.34. The summed E-state index contributed by atoms with van der Waals surface area (Å²) in [6.07, 6.45) is 3.17. The second-order valence-corrected chi connectivity index (χ2v) is 11.4. The first kappa shape index (κ1) is 26.8. The minimum atomic E-state index is -0.903. The summed E-state index contributed by atoms with van der Waals surface area (Å²) in [6.45, 7) is 6.75. The van der Waals surface area contributed by atoms with Gasteiger partial charge in [0.1, 0.15) is 11.3 Å². The van der Waals surface area contributed by atoms with Crippen LogP contribution in [0, 0.1) is 13.8 Å². The van der Waals surface area contributed by atoms with Crippen molar-refractivity contribution in [3.05, 3.63) is 101 Å². The third kappa shape index (κ3) is 4.89. The maximum absolute atomic E-state index is 13.9. The summed E-state index contributed by atoms with van der Waals surface area (Å²) in [6, 6.07) is 19.4. The lowest BCUT2D eigenvalue weighted by Gasteiger charge is -2.24. The Labute approximate surface area is 241 Å². The predicted molar refractivity (Wildman–Crippen MR) is 161 cm³/mol. The Bertz CT molecular complexity index is 1780. The molecule has 8 heteroatoms. The highest BCUT2D eigenvalue weighted by Gasteiger charge is 2.46. The highest BCUT2D eigenvalue weighted by molar-refractivity contribution is 7.22. The number of ketones is 1. The fourth-order valence-electron chi connectivity index (χ4n) is 5.33. The molecule has 0 fully saturated rings. The Morgan fingerprint density at radius 1 is 1.07 bits per heavy atom. The van der Waals surface area contributed by atoms with Gasteiger partial charge in [0.2, 0.25) is 5.78 Å². The lowest BCUT2D eigenvalue weighted by atomic mass is 9.95. The van der Waals surface area contributed by atoms with E-state index < -0.39 is 23.5 Å². The molecule has 1 aliphatic heterocycles. The van der Waals surface area contributed by atoms with Crippen molar-refractivity contribution in [3.63, 3.8) is 0 Å². The highest BCUT2D eigenvalue weighted by atomic mass is 32.1. The van der Waals surface area contributed by atoms with E-state index in [0.717, 1.165) is 46.0 Å². The minimum Gasteiger partial charge on any atom is -0.503 e. The number of aliphatic hydroxyl groups excluding tert-OH is 1. The fraction of sp³-hybridized carbons (Fsp3) is 0.242. The Hall–Kier alpha value is -4.43. The van der Waals surface area contributed by atoms with Gasteiger partial charge < -0.3 is 14.3 Å². The van der Waals surface area contributed by atoms with Crippen LogP contribution in [-0.2, 0) is 4.79 Å². The van der Waals surface area contributed by atoms with Gasteiger partial charge in [-0.05, 0) is 67.3 Å². The van der Waals surface area contributed by atoms with Gasteiger partial charge in [-0.1, -0.05) is 67.5 Å². The largest absolute Gasteiger partial charge is 0.503 e. The number of benzene rings is 3. The summed E-state index contributed by atoms with van der Waals surface area (Å²) in [5.74, 6) is -1.08. The van der Waals surface area contributed by atoms with Crippen molar-refractivity contribution in [2.24, 2.45) is 0 Å². The van der Waals surface area contributed by atoms with E-state index in [-0.39, 0.29) is 11.3 Å². The Kier molecular flexibility index (Phi) is 7.09. The number of rotatable bonds is 9. The third-order valence-electron chi connectivity index (χ3n) is 7.34. The van der Waals surface area contributed by atoms with E-state index in [4.69, 9.17) is 14.1 Å². The van der Waals surface area contributed by atoms with Crippen molar-refractivity contribution in [3.8, 4) is 5.75 Å². The number of amides is 1. The molecule has 1 unspecified atom stereocenters. The van der Waals surface area contributed by atoms with Gasteiger partial charge in [0.15, 0.2) is 16.7 Å². The van der Waals surface area contributed by atoms with Crippen LogP contribution in [-0.4, -0.2) is 28.4 Å². The molecule has 1 amide bonds. The monoisotopic (exact) mass is 566 g/mol. The smallest absolute Gasteiger partial charge is 0.296 e. The average Bonchev–Trinajstić information content (AvgIpc) is 3.65.